The second-order valence-electron chi connectivity index (χ2n) is 7.29. The van der Waals surface area contributed by atoms with Crippen LogP contribution in [0.25, 0.3) is 10.9 Å². The van der Waals surface area contributed by atoms with Gasteiger partial charge in [0.25, 0.3) is 0 Å². The van der Waals surface area contributed by atoms with Crippen molar-refractivity contribution >= 4 is 39.9 Å². The lowest BCUT2D eigenvalue weighted by atomic mass is 10.2. The number of carbonyl (C=O) groups excluding carboxylic acids is 1. The molecule has 1 aliphatic heterocycles. The quantitative estimate of drug-likeness (QED) is 0.459. The van der Waals surface area contributed by atoms with Gasteiger partial charge < -0.3 is 10.2 Å². The number of para-hydroxylation sites is 1. The van der Waals surface area contributed by atoms with Crippen LogP contribution in [0.2, 0.25) is 0 Å². The van der Waals surface area contributed by atoms with E-state index in [-0.39, 0.29) is 5.91 Å². The van der Waals surface area contributed by atoms with Gasteiger partial charge in [0.05, 0.1) is 11.3 Å². The van der Waals surface area contributed by atoms with E-state index in [9.17, 15) is 4.79 Å². The van der Waals surface area contributed by atoms with Crippen molar-refractivity contribution in [1.82, 2.24) is 9.88 Å². The average molecular weight is 419 g/mol. The van der Waals surface area contributed by atoms with Gasteiger partial charge in [-0.05, 0) is 36.4 Å². The van der Waals surface area contributed by atoms with Gasteiger partial charge in [0.15, 0.2) is 0 Å². The zero-order valence-electron chi connectivity index (χ0n) is 17.0. The molecule has 3 aromatic rings. The zero-order valence-corrected chi connectivity index (χ0v) is 17.8. The SMILES string of the molecule is C=CCN1CCN(c2ccc(NC(=O)CSc3cccc4cccnc34)cc2)CC1. The van der Waals surface area contributed by atoms with Gasteiger partial charge in [0, 0.05) is 60.6 Å². The number of thioether (sulfide) groups is 1. The smallest absolute Gasteiger partial charge is 0.234 e. The van der Waals surface area contributed by atoms with Gasteiger partial charge in [-0.15, -0.1) is 18.3 Å². The Morgan fingerprint density at radius 1 is 1.07 bits per heavy atom. The van der Waals surface area contributed by atoms with Gasteiger partial charge >= 0.3 is 0 Å². The Kier molecular flexibility index (Phi) is 6.67. The zero-order chi connectivity index (χ0) is 20.8. The molecule has 1 aliphatic rings. The number of pyridine rings is 1. The third-order valence-corrected chi connectivity index (χ3v) is 6.28. The van der Waals surface area contributed by atoms with Crippen LogP contribution in [0.15, 0.2) is 78.3 Å². The molecule has 0 atom stereocenters. The van der Waals surface area contributed by atoms with Gasteiger partial charge in [-0.2, -0.15) is 0 Å². The molecule has 1 saturated heterocycles. The maximum atomic E-state index is 12.4. The summed E-state index contributed by atoms with van der Waals surface area (Å²) in [7, 11) is 0. The normalized spacial score (nSPS) is 14.6. The number of nitrogens with one attached hydrogen (secondary N) is 1. The van der Waals surface area contributed by atoms with E-state index in [1.807, 2.05) is 48.5 Å². The third-order valence-electron chi connectivity index (χ3n) is 5.23. The maximum absolute atomic E-state index is 12.4. The van der Waals surface area contributed by atoms with Crippen LogP contribution in [0, 0.1) is 0 Å². The van der Waals surface area contributed by atoms with Crippen LogP contribution in [0.5, 0.6) is 0 Å². The molecule has 154 valence electrons. The Labute approximate surface area is 181 Å². The molecular formula is C24H26N4OS. The number of rotatable bonds is 7. The monoisotopic (exact) mass is 418 g/mol. The highest BCUT2D eigenvalue weighted by Gasteiger charge is 2.16. The summed E-state index contributed by atoms with van der Waals surface area (Å²) in [6, 6.07) is 18.1. The fraction of sp³-hybridized carbons (Fsp3) is 0.250. The molecule has 0 spiro atoms. The minimum atomic E-state index is -0.0151. The van der Waals surface area contributed by atoms with E-state index >= 15 is 0 Å². The highest BCUT2D eigenvalue weighted by molar-refractivity contribution is 8.00. The molecule has 1 fully saturated rings. The Bertz CT molecular complexity index is 1010. The number of hydrogen-bond donors (Lipinski definition) is 1. The number of amides is 1. The molecule has 6 heteroatoms. The van der Waals surface area contributed by atoms with Crippen molar-refractivity contribution in [3.05, 3.63) is 73.4 Å². The predicted molar refractivity (Wildman–Crippen MR) is 126 cm³/mol. The predicted octanol–water partition coefficient (Wildman–Crippen LogP) is 4.27. The van der Waals surface area contributed by atoms with Crippen molar-refractivity contribution in [2.75, 3.05) is 48.7 Å². The van der Waals surface area contributed by atoms with Gasteiger partial charge in [0.1, 0.15) is 0 Å². The van der Waals surface area contributed by atoms with Crippen molar-refractivity contribution in [3.63, 3.8) is 0 Å². The van der Waals surface area contributed by atoms with Crippen LogP contribution in [0.3, 0.4) is 0 Å². The number of benzene rings is 2. The van der Waals surface area contributed by atoms with E-state index in [1.54, 1.807) is 6.20 Å². The average Bonchev–Trinajstić information content (AvgIpc) is 2.79. The van der Waals surface area contributed by atoms with Crippen molar-refractivity contribution in [2.24, 2.45) is 0 Å². The van der Waals surface area contributed by atoms with E-state index in [1.165, 1.54) is 17.4 Å². The molecule has 0 unspecified atom stereocenters. The molecule has 30 heavy (non-hydrogen) atoms. The highest BCUT2D eigenvalue weighted by Crippen LogP contribution is 2.26. The minimum absolute atomic E-state index is 0.0151. The fourth-order valence-corrected chi connectivity index (χ4v) is 4.50. The first-order chi connectivity index (χ1) is 14.7. The van der Waals surface area contributed by atoms with Crippen LogP contribution in [0.1, 0.15) is 0 Å². The lowest BCUT2D eigenvalue weighted by Gasteiger charge is -2.35. The summed E-state index contributed by atoms with van der Waals surface area (Å²) in [4.78, 5) is 22.7. The summed E-state index contributed by atoms with van der Waals surface area (Å²) in [6.45, 7) is 8.88. The Morgan fingerprint density at radius 3 is 2.60 bits per heavy atom. The van der Waals surface area contributed by atoms with Crippen LogP contribution in [-0.4, -0.2) is 54.3 Å². The van der Waals surface area contributed by atoms with E-state index in [4.69, 9.17) is 0 Å². The lowest BCUT2D eigenvalue weighted by molar-refractivity contribution is -0.113. The first-order valence-corrected chi connectivity index (χ1v) is 11.2. The molecule has 1 N–H and O–H groups in total. The minimum Gasteiger partial charge on any atom is -0.369 e. The Morgan fingerprint density at radius 2 is 1.83 bits per heavy atom. The summed E-state index contributed by atoms with van der Waals surface area (Å²) in [5.74, 6) is 0.335. The van der Waals surface area contributed by atoms with Gasteiger partial charge in [-0.1, -0.05) is 24.3 Å². The summed E-state index contributed by atoms with van der Waals surface area (Å²) in [6.07, 6.45) is 3.75. The molecule has 1 amide bonds. The van der Waals surface area contributed by atoms with Gasteiger partial charge in [0.2, 0.25) is 5.91 Å². The highest BCUT2D eigenvalue weighted by atomic mass is 32.2. The molecule has 0 saturated carbocycles. The molecule has 2 heterocycles. The topological polar surface area (TPSA) is 48.5 Å². The Hall–Kier alpha value is -2.83. The van der Waals surface area contributed by atoms with E-state index < -0.39 is 0 Å². The molecule has 1 aromatic heterocycles. The van der Waals surface area contributed by atoms with E-state index in [0.29, 0.717) is 5.75 Å². The third kappa shape index (κ3) is 5.01. The van der Waals surface area contributed by atoms with Crippen LogP contribution < -0.4 is 10.2 Å². The maximum Gasteiger partial charge on any atom is 0.234 e. The number of fused-ring (bicyclic) bond motifs is 1. The van der Waals surface area contributed by atoms with Crippen LogP contribution >= 0.6 is 11.8 Å². The number of nitrogens with zero attached hydrogens (tertiary/aromatic N) is 3. The van der Waals surface area contributed by atoms with Crippen molar-refractivity contribution < 1.29 is 4.79 Å². The number of carbonyl (C=O) groups is 1. The molecule has 5 nitrogen and oxygen atoms in total. The molecule has 0 bridgehead atoms. The van der Waals surface area contributed by atoms with Gasteiger partial charge in [-0.25, -0.2) is 0 Å². The number of aromatic nitrogens is 1. The molecular weight excluding hydrogens is 392 g/mol. The lowest BCUT2D eigenvalue weighted by Crippen LogP contribution is -2.46. The van der Waals surface area contributed by atoms with Crippen LogP contribution in [-0.2, 0) is 4.79 Å². The largest absolute Gasteiger partial charge is 0.369 e. The molecule has 0 aliphatic carbocycles. The van der Waals surface area contributed by atoms with Gasteiger partial charge in [-0.3, -0.25) is 14.7 Å². The number of hydrogen-bond acceptors (Lipinski definition) is 5. The Balaban J connectivity index is 1.30. The summed E-state index contributed by atoms with van der Waals surface area (Å²) < 4.78 is 0. The number of anilines is 2. The van der Waals surface area contributed by atoms with Crippen molar-refractivity contribution in [2.45, 2.75) is 4.90 Å². The summed E-state index contributed by atoms with van der Waals surface area (Å²) in [5, 5.41) is 4.08. The van der Waals surface area contributed by atoms with Crippen LogP contribution in [0.4, 0.5) is 11.4 Å². The second-order valence-corrected chi connectivity index (χ2v) is 8.31. The first kappa shape index (κ1) is 20.4. The summed E-state index contributed by atoms with van der Waals surface area (Å²) in [5.41, 5.74) is 2.96. The fourth-order valence-electron chi connectivity index (χ4n) is 3.66. The molecule has 2 aromatic carbocycles. The van der Waals surface area contributed by atoms with E-state index in [2.05, 4.69) is 38.8 Å². The molecule has 4 rings (SSSR count). The standard InChI is InChI=1S/C24H26N4OS/c1-2-13-27-14-16-28(17-15-27)21-10-8-20(9-11-21)26-23(29)18-30-22-7-3-5-19-6-4-12-25-24(19)22/h2-12H,1,13-18H2,(H,26,29). The van der Waals surface area contributed by atoms with Crippen molar-refractivity contribution in [3.8, 4) is 0 Å². The second kappa shape index (κ2) is 9.78. The van der Waals surface area contributed by atoms with Crippen molar-refractivity contribution in [1.29, 1.82) is 0 Å². The summed E-state index contributed by atoms with van der Waals surface area (Å²) >= 11 is 1.51. The number of piperazine rings is 1. The van der Waals surface area contributed by atoms with E-state index in [0.717, 1.165) is 54.2 Å². The first-order valence-electron chi connectivity index (χ1n) is 10.2. The molecule has 0 radical (unpaired) electrons.